The summed E-state index contributed by atoms with van der Waals surface area (Å²) in [5.74, 6) is 0. The molecule has 0 bridgehead atoms. The van der Waals surface area contributed by atoms with Crippen molar-refractivity contribution in [3.8, 4) is 6.07 Å². The van der Waals surface area contributed by atoms with Crippen LogP contribution in [0.15, 0.2) is 42.5 Å². The molecule has 0 radical (unpaired) electrons. The Labute approximate surface area is 120 Å². The quantitative estimate of drug-likeness (QED) is 0.882. The molecule has 0 amide bonds. The number of nitrogens with one attached hydrogen (secondary N) is 1. The van der Waals surface area contributed by atoms with Gasteiger partial charge in [-0.05, 0) is 23.8 Å². The standard InChI is InChI=1S/C15H11ClF2N2/c16-14-7-13(6-5-12(14)8-19)20-9-10-1-3-11(4-2-10)15(17)18/h1-7,15,20H,9H2. The molecule has 2 aromatic rings. The lowest BCUT2D eigenvalue weighted by atomic mass is 10.1. The van der Waals surface area contributed by atoms with Crippen LogP contribution in [0.5, 0.6) is 0 Å². The van der Waals surface area contributed by atoms with Gasteiger partial charge >= 0.3 is 0 Å². The minimum Gasteiger partial charge on any atom is -0.381 e. The van der Waals surface area contributed by atoms with E-state index in [0.29, 0.717) is 17.1 Å². The second-order valence-electron chi connectivity index (χ2n) is 4.20. The summed E-state index contributed by atoms with van der Waals surface area (Å²) in [6, 6.07) is 13.1. The fraction of sp³-hybridized carbons (Fsp3) is 0.133. The third-order valence-corrected chi connectivity index (χ3v) is 3.13. The fourth-order valence-electron chi connectivity index (χ4n) is 1.70. The fourth-order valence-corrected chi connectivity index (χ4v) is 1.92. The number of hydrogen-bond donors (Lipinski definition) is 1. The molecule has 0 atom stereocenters. The monoisotopic (exact) mass is 292 g/mol. The Balaban J connectivity index is 2.02. The van der Waals surface area contributed by atoms with E-state index in [1.165, 1.54) is 12.1 Å². The van der Waals surface area contributed by atoms with E-state index >= 15 is 0 Å². The minimum atomic E-state index is -2.45. The molecule has 0 heterocycles. The summed E-state index contributed by atoms with van der Waals surface area (Å²) in [6.45, 7) is 0.492. The van der Waals surface area contributed by atoms with E-state index in [1.54, 1.807) is 30.3 Å². The van der Waals surface area contributed by atoms with E-state index in [2.05, 4.69) is 5.32 Å². The first-order valence-corrected chi connectivity index (χ1v) is 6.28. The van der Waals surface area contributed by atoms with Crippen LogP contribution in [0.1, 0.15) is 23.1 Å². The van der Waals surface area contributed by atoms with E-state index in [9.17, 15) is 8.78 Å². The molecule has 0 saturated carbocycles. The Bertz CT molecular complexity index is 633. The molecule has 2 nitrogen and oxygen atoms in total. The molecular weight excluding hydrogens is 282 g/mol. The maximum Gasteiger partial charge on any atom is 0.263 e. The van der Waals surface area contributed by atoms with Crippen LogP contribution < -0.4 is 5.32 Å². The van der Waals surface area contributed by atoms with Gasteiger partial charge < -0.3 is 5.32 Å². The highest BCUT2D eigenvalue weighted by atomic mass is 35.5. The average molecular weight is 293 g/mol. The lowest BCUT2D eigenvalue weighted by molar-refractivity contribution is 0.151. The number of halogens is 3. The average Bonchev–Trinajstić information content (AvgIpc) is 2.45. The van der Waals surface area contributed by atoms with Crippen molar-refractivity contribution in [1.82, 2.24) is 0 Å². The van der Waals surface area contributed by atoms with E-state index in [0.717, 1.165) is 11.3 Å². The summed E-state index contributed by atoms with van der Waals surface area (Å²) in [6.07, 6.45) is -2.45. The normalized spacial score (nSPS) is 10.3. The lowest BCUT2D eigenvalue weighted by Crippen LogP contribution is -1.99. The summed E-state index contributed by atoms with van der Waals surface area (Å²) in [4.78, 5) is 0. The number of benzene rings is 2. The van der Waals surface area contributed by atoms with Crippen molar-refractivity contribution in [3.05, 3.63) is 64.2 Å². The molecule has 0 spiro atoms. The second kappa shape index (κ2) is 6.36. The Kier molecular flexibility index (Phi) is 4.54. The molecular formula is C15H11ClF2N2. The maximum absolute atomic E-state index is 12.4. The molecule has 0 aliphatic heterocycles. The lowest BCUT2D eigenvalue weighted by Gasteiger charge is -2.08. The highest BCUT2D eigenvalue weighted by molar-refractivity contribution is 6.32. The van der Waals surface area contributed by atoms with Gasteiger partial charge in [-0.2, -0.15) is 5.26 Å². The molecule has 0 saturated heterocycles. The van der Waals surface area contributed by atoms with Crippen LogP contribution in [-0.4, -0.2) is 0 Å². The van der Waals surface area contributed by atoms with Crippen LogP contribution >= 0.6 is 11.6 Å². The highest BCUT2D eigenvalue weighted by Gasteiger charge is 2.06. The molecule has 2 aromatic carbocycles. The van der Waals surface area contributed by atoms with Gasteiger partial charge in [-0.15, -0.1) is 0 Å². The molecule has 2 rings (SSSR count). The van der Waals surface area contributed by atoms with Gasteiger partial charge in [-0.3, -0.25) is 0 Å². The number of nitrogens with zero attached hydrogens (tertiary/aromatic N) is 1. The van der Waals surface area contributed by atoms with Gasteiger partial charge in [0.2, 0.25) is 0 Å². The second-order valence-corrected chi connectivity index (χ2v) is 4.61. The molecule has 0 unspecified atom stereocenters. The molecule has 0 aliphatic rings. The molecule has 20 heavy (non-hydrogen) atoms. The SMILES string of the molecule is N#Cc1ccc(NCc2ccc(C(F)F)cc2)cc1Cl. The van der Waals surface area contributed by atoms with Gasteiger partial charge in [-0.1, -0.05) is 35.9 Å². The Morgan fingerprint density at radius 3 is 2.40 bits per heavy atom. The van der Waals surface area contributed by atoms with Crippen molar-refractivity contribution >= 4 is 17.3 Å². The van der Waals surface area contributed by atoms with Crippen LogP contribution in [-0.2, 0) is 6.54 Å². The third-order valence-electron chi connectivity index (χ3n) is 2.82. The van der Waals surface area contributed by atoms with Crippen LogP contribution in [0.4, 0.5) is 14.5 Å². The van der Waals surface area contributed by atoms with Gasteiger partial charge in [0.25, 0.3) is 6.43 Å². The molecule has 0 aliphatic carbocycles. The number of hydrogen-bond acceptors (Lipinski definition) is 2. The Hall–Kier alpha value is -2.12. The topological polar surface area (TPSA) is 35.8 Å². The van der Waals surface area contributed by atoms with E-state index in [1.807, 2.05) is 6.07 Å². The predicted molar refractivity (Wildman–Crippen MR) is 74.9 cm³/mol. The van der Waals surface area contributed by atoms with Gasteiger partial charge in [0.1, 0.15) is 6.07 Å². The van der Waals surface area contributed by atoms with Crippen molar-refractivity contribution in [2.45, 2.75) is 13.0 Å². The van der Waals surface area contributed by atoms with Crippen LogP contribution in [0.25, 0.3) is 0 Å². The van der Waals surface area contributed by atoms with Gasteiger partial charge in [0.15, 0.2) is 0 Å². The summed E-state index contributed by atoms with van der Waals surface area (Å²) in [7, 11) is 0. The van der Waals surface area contributed by atoms with E-state index < -0.39 is 6.43 Å². The van der Waals surface area contributed by atoms with Crippen LogP contribution in [0.2, 0.25) is 5.02 Å². The maximum atomic E-state index is 12.4. The van der Waals surface area contributed by atoms with E-state index in [-0.39, 0.29) is 5.56 Å². The summed E-state index contributed by atoms with van der Waals surface area (Å²) in [5, 5.41) is 12.3. The van der Waals surface area contributed by atoms with E-state index in [4.69, 9.17) is 16.9 Å². The first-order chi connectivity index (χ1) is 9.60. The minimum absolute atomic E-state index is 0.00941. The van der Waals surface area contributed by atoms with Crippen LogP contribution in [0, 0.1) is 11.3 Å². The molecule has 5 heteroatoms. The number of nitriles is 1. The summed E-state index contributed by atoms with van der Waals surface area (Å²) < 4.78 is 24.8. The zero-order chi connectivity index (χ0) is 14.5. The highest BCUT2D eigenvalue weighted by Crippen LogP contribution is 2.22. The van der Waals surface area contributed by atoms with Gasteiger partial charge in [-0.25, -0.2) is 8.78 Å². The van der Waals surface area contributed by atoms with Crippen LogP contribution in [0.3, 0.4) is 0 Å². The van der Waals surface area contributed by atoms with Crippen molar-refractivity contribution in [2.75, 3.05) is 5.32 Å². The Morgan fingerprint density at radius 1 is 1.15 bits per heavy atom. The third kappa shape index (κ3) is 3.46. The smallest absolute Gasteiger partial charge is 0.263 e. The number of rotatable bonds is 4. The summed E-state index contributed by atoms with van der Waals surface area (Å²) >= 11 is 5.92. The predicted octanol–water partition coefficient (Wildman–Crippen LogP) is 4.76. The number of anilines is 1. The van der Waals surface area contributed by atoms with Gasteiger partial charge in [0.05, 0.1) is 10.6 Å². The molecule has 1 N–H and O–H groups in total. The number of alkyl halides is 2. The molecule has 0 fully saturated rings. The molecule has 0 aromatic heterocycles. The van der Waals surface area contributed by atoms with Gasteiger partial charge in [0, 0.05) is 17.8 Å². The summed E-state index contributed by atoms with van der Waals surface area (Å²) in [5.41, 5.74) is 2.08. The van der Waals surface area contributed by atoms with Crippen molar-refractivity contribution < 1.29 is 8.78 Å². The van der Waals surface area contributed by atoms with Crippen molar-refractivity contribution in [2.24, 2.45) is 0 Å². The van der Waals surface area contributed by atoms with Crippen molar-refractivity contribution in [3.63, 3.8) is 0 Å². The Morgan fingerprint density at radius 2 is 1.85 bits per heavy atom. The first-order valence-electron chi connectivity index (χ1n) is 5.90. The first kappa shape index (κ1) is 14.3. The van der Waals surface area contributed by atoms with Crippen molar-refractivity contribution in [1.29, 1.82) is 5.26 Å². The largest absolute Gasteiger partial charge is 0.381 e. The molecule has 102 valence electrons. The zero-order valence-corrected chi connectivity index (χ0v) is 11.2. The zero-order valence-electron chi connectivity index (χ0n) is 10.4.